The first-order valence-corrected chi connectivity index (χ1v) is 8.99. The summed E-state index contributed by atoms with van der Waals surface area (Å²) in [5.41, 5.74) is 2.57. The maximum atomic E-state index is 5.44. The number of likely N-dealkylation sites (N-methyl/N-ethyl adjacent to an activating group) is 1. The molecule has 1 aromatic rings. The molecule has 146 valence electrons. The average Bonchev–Trinajstić information content (AvgIpc) is 2.68. The molecule has 0 fully saturated rings. The number of benzene rings is 1. The van der Waals surface area contributed by atoms with E-state index in [4.69, 9.17) is 14.2 Å². The van der Waals surface area contributed by atoms with Crippen molar-refractivity contribution in [3.8, 4) is 11.5 Å². The molecule has 1 aliphatic rings. The van der Waals surface area contributed by atoms with Crippen LogP contribution in [-0.4, -0.2) is 84.0 Å². The molecule has 0 amide bonds. The fourth-order valence-corrected chi connectivity index (χ4v) is 3.11. The summed E-state index contributed by atoms with van der Waals surface area (Å²) >= 11 is 0. The Kier molecular flexibility index (Phi) is 8.00. The van der Waals surface area contributed by atoms with Crippen LogP contribution in [0.1, 0.15) is 11.1 Å². The van der Waals surface area contributed by atoms with E-state index in [1.54, 1.807) is 21.3 Å². The fourth-order valence-electron chi connectivity index (χ4n) is 3.11. The first kappa shape index (κ1) is 20.3. The highest BCUT2D eigenvalue weighted by atomic mass is 16.5. The van der Waals surface area contributed by atoms with Crippen LogP contribution in [-0.2, 0) is 17.7 Å². The van der Waals surface area contributed by atoms with Crippen molar-refractivity contribution in [2.75, 3.05) is 68.2 Å². The molecule has 0 atom stereocenters. The van der Waals surface area contributed by atoms with E-state index in [0.717, 1.165) is 63.2 Å². The van der Waals surface area contributed by atoms with Gasteiger partial charge in [0.25, 0.3) is 0 Å². The summed E-state index contributed by atoms with van der Waals surface area (Å²) in [5, 5.41) is 3.47. The molecule has 0 unspecified atom stereocenters. The Bertz CT molecular complexity index is 607. The van der Waals surface area contributed by atoms with Crippen LogP contribution in [0.4, 0.5) is 0 Å². The molecule has 0 saturated carbocycles. The standard InChI is InChI=1S/C19H32N4O3/c1-20-19(21-7-9-22(2)10-11-24-3)23-8-6-15-12-17(25-4)18(26-5)13-16(15)14-23/h12-13H,6-11,14H2,1-5H3,(H,20,21). The number of nitrogens with one attached hydrogen (secondary N) is 1. The van der Waals surface area contributed by atoms with Crippen molar-refractivity contribution < 1.29 is 14.2 Å². The number of methoxy groups -OCH3 is 3. The van der Waals surface area contributed by atoms with Gasteiger partial charge in [-0.05, 0) is 36.7 Å². The maximum absolute atomic E-state index is 5.44. The summed E-state index contributed by atoms with van der Waals surface area (Å²) in [6.07, 6.45) is 0.962. The van der Waals surface area contributed by atoms with Gasteiger partial charge in [-0.2, -0.15) is 0 Å². The van der Waals surface area contributed by atoms with Gasteiger partial charge < -0.3 is 29.3 Å². The van der Waals surface area contributed by atoms with Gasteiger partial charge in [-0.3, -0.25) is 4.99 Å². The number of rotatable bonds is 8. The van der Waals surface area contributed by atoms with Gasteiger partial charge in [0, 0.05) is 46.9 Å². The number of fused-ring (bicyclic) bond motifs is 1. The maximum Gasteiger partial charge on any atom is 0.194 e. The van der Waals surface area contributed by atoms with Gasteiger partial charge in [0.1, 0.15) is 0 Å². The third-order valence-corrected chi connectivity index (χ3v) is 4.68. The SMILES string of the molecule is CN=C(NCCN(C)CCOC)N1CCc2cc(OC)c(OC)cc2C1. The molecule has 0 bridgehead atoms. The average molecular weight is 364 g/mol. The van der Waals surface area contributed by atoms with Crippen LogP contribution >= 0.6 is 0 Å². The first-order chi connectivity index (χ1) is 12.6. The fraction of sp³-hybridized carbons (Fsp3) is 0.632. The normalized spacial score (nSPS) is 14.4. The Morgan fingerprint density at radius 3 is 2.46 bits per heavy atom. The predicted molar refractivity (Wildman–Crippen MR) is 104 cm³/mol. The van der Waals surface area contributed by atoms with Crippen molar-refractivity contribution in [2.24, 2.45) is 4.99 Å². The molecule has 1 heterocycles. The van der Waals surface area contributed by atoms with Crippen molar-refractivity contribution in [2.45, 2.75) is 13.0 Å². The van der Waals surface area contributed by atoms with E-state index >= 15 is 0 Å². The third kappa shape index (κ3) is 5.25. The van der Waals surface area contributed by atoms with Gasteiger partial charge in [0.2, 0.25) is 0 Å². The lowest BCUT2D eigenvalue weighted by Gasteiger charge is -2.32. The Morgan fingerprint density at radius 1 is 1.15 bits per heavy atom. The van der Waals surface area contributed by atoms with E-state index in [9.17, 15) is 0 Å². The van der Waals surface area contributed by atoms with Crippen LogP contribution < -0.4 is 14.8 Å². The van der Waals surface area contributed by atoms with Crippen molar-refractivity contribution in [3.05, 3.63) is 23.3 Å². The Balaban J connectivity index is 1.95. The van der Waals surface area contributed by atoms with Crippen LogP contribution in [0, 0.1) is 0 Å². The van der Waals surface area contributed by atoms with Crippen LogP contribution in [0.3, 0.4) is 0 Å². The summed E-state index contributed by atoms with van der Waals surface area (Å²) in [7, 11) is 9.01. The van der Waals surface area contributed by atoms with Crippen LogP contribution in [0.25, 0.3) is 0 Å². The molecule has 7 nitrogen and oxygen atoms in total. The molecule has 7 heteroatoms. The lowest BCUT2D eigenvalue weighted by Crippen LogP contribution is -2.46. The molecule has 1 N–H and O–H groups in total. The lowest BCUT2D eigenvalue weighted by molar-refractivity contribution is 0.162. The van der Waals surface area contributed by atoms with Gasteiger partial charge in [0.05, 0.1) is 20.8 Å². The zero-order chi connectivity index (χ0) is 18.9. The summed E-state index contributed by atoms with van der Waals surface area (Å²) in [6, 6.07) is 4.17. The predicted octanol–water partition coefficient (Wildman–Crippen LogP) is 1.22. The van der Waals surface area contributed by atoms with E-state index in [1.807, 2.05) is 7.05 Å². The molecule has 0 aliphatic carbocycles. The highest BCUT2D eigenvalue weighted by Crippen LogP contribution is 2.33. The Labute approximate surface area is 156 Å². The number of hydrogen-bond acceptors (Lipinski definition) is 5. The second kappa shape index (κ2) is 10.2. The number of hydrogen-bond donors (Lipinski definition) is 1. The van der Waals surface area contributed by atoms with Crippen molar-refractivity contribution >= 4 is 5.96 Å². The zero-order valence-electron chi connectivity index (χ0n) is 16.7. The molecular weight excluding hydrogens is 332 g/mol. The van der Waals surface area contributed by atoms with Gasteiger partial charge in [-0.25, -0.2) is 0 Å². The van der Waals surface area contributed by atoms with Gasteiger partial charge in [0.15, 0.2) is 17.5 Å². The second-order valence-electron chi connectivity index (χ2n) is 6.42. The van der Waals surface area contributed by atoms with Crippen molar-refractivity contribution in [1.82, 2.24) is 15.1 Å². The van der Waals surface area contributed by atoms with E-state index in [2.05, 4.69) is 39.3 Å². The molecule has 0 saturated heterocycles. The molecular formula is C19H32N4O3. The number of aliphatic imine (C=N–C) groups is 1. The highest BCUT2D eigenvalue weighted by molar-refractivity contribution is 5.80. The van der Waals surface area contributed by atoms with E-state index in [0.29, 0.717) is 0 Å². The Morgan fingerprint density at radius 2 is 1.85 bits per heavy atom. The summed E-state index contributed by atoms with van der Waals surface area (Å²) in [4.78, 5) is 8.98. The van der Waals surface area contributed by atoms with E-state index < -0.39 is 0 Å². The topological polar surface area (TPSA) is 58.6 Å². The Hall–Kier alpha value is -1.99. The number of nitrogens with zero attached hydrogens (tertiary/aromatic N) is 3. The van der Waals surface area contributed by atoms with Gasteiger partial charge in [-0.15, -0.1) is 0 Å². The number of ether oxygens (including phenoxy) is 3. The molecule has 0 spiro atoms. The van der Waals surface area contributed by atoms with E-state index in [1.165, 1.54) is 11.1 Å². The minimum Gasteiger partial charge on any atom is -0.493 e. The molecule has 0 radical (unpaired) electrons. The molecule has 2 rings (SSSR count). The summed E-state index contributed by atoms with van der Waals surface area (Å²) in [6.45, 7) is 5.21. The second-order valence-corrected chi connectivity index (χ2v) is 6.42. The van der Waals surface area contributed by atoms with Crippen LogP contribution in [0.2, 0.25) is 0 Å². The first-order valence-electron chi connectivity index (χ1n) is 8.99. The largest absolute Gasteiger partial charge is 0.493 e. The van der Waals surface area contributed by atoms with Crippen LogP contribution in [0.5, 0.6) is 11.5 Å². The quantitative estimate of drug-likeness (QED) is 0.553. The molecule has 1 aliphatic heterocycles. The summed E-state index contributed by atoms with van der Waals surface area (Å²) in [5.74, 6) is 2.50. The van der Waals surface area contributed by atoms with E-state index in [-0.39, 0.29) is 0 Å². The van der Waals surface area contributed by atoms with Gasteiger partial charge in [-0.1, -0.05) is 0 Å². The smallest absolute Gasteiger partial charge is 0.194 e. The zero-order valence-corrected chi connectivity index (χ0v) is 16.7. The summed E-state index contributed by atoms with van der Waals surface area (Å²) < 4.78 is 16.0. The number of guanidine groups is 1. The molecule has 1 aromatic carbocycles. The third-order valence-electron chi connectivity index (χ3n) is 4.68. The lowest BCUT2D eigenvalue weighted by atomic mass is 9.99. The monoisotopic (exact) mass is 364 g/mol. The van der Waals surface area contributed by atoms with Crippen LogP contribution in [0.15, 0.2) is 17.1 Å². The van der Waals surface area contributed by atoms with Crippen molar-refractivity contribution in [1.29, 1.82) is 0 Å². The molecule has 0 aromatic heterocycles. The minimum atomic E-state index is 0.749. The van der Waals surface area contributed by atoms with Crippen molar-refractivity contribution in [3.63, 3.8) is 0 Å². The van der Waals surface area contributed by atoms with Gasteiger partial charge >= 0.3 is 0 Å². The molecule has 26 heavy (non-hydrogen) atoms. The minimum absolute atomic E-state index is 0.749. The highest BCUT2D eigenvalue weighted by Gasteiger charge is 2.21.